The summed E-state index contributed by atoms with van der Waals surface area (Å²) in [7, 11) is -3.36. The molecule has 0 aliphatic carbocycles. The second kappa shape index (κ2) is 8.23. The van der Waals surface area contributed by atoms with E-state index in [0.29, 0.717) is 32.6 Å². The summed E-state index contributed by atoms with van der Waals surface area (Å²) in [6.45, 7) is 5.69. The number of carbonyl (C=O) groups is 1. The SMILES string of the molecule is Cc1ccc(CC(=O)N2CCN(S(=O)(=O)Cc3ccccc3)CC2)cc1C. The number of amides is 1. The first-order valence-corrected chi connectivity index (χ1v) is 10.8. The van der Waals surface area contributed by atoms with Crippen LogP contribution in [0.4, 0.5) is 0 Å². The van der Waals surface area contributed by atoms with Gasteiger partial charge in [-0.1, -0.05) is 48.5 Å². The minimum atomic E-state index is -3.36. The molecule has 0 atom stereocenters. The molecule has 2 aromatic rings. The highest BCUT2D eigenvalue weighted by Crippen LogP contribution is 2.15. The van der Waals surface area contributed by atoms with Crippen LogP contribution in [0.3, 0.4) is 0 Å². The second-order valence-electron chi connectivity index (χ2n) is 7.12. The van der Waals surface area contributed by atoms with E-state index in [1.54, 1.807) is 4.90 Å². The Bertz CT molecular complexity index is 902. The molecule has 1 fully saturated rings. The Hall–Kier alpha value is -2.18. The van der Waals surface area contributed by atoms with Gasteiger partial charge >= 0.3 is 0 Å². The number of aryl methyl sites for hydroxylation is 2. The summed E-state index contributed by atoms with van der Waals surface area (Å²) >= 11 is 0. The van der Waals surface area contributed by atoms with Crippen LogP contribution < -0.4 is 0 Å². The van der Waals surface area contributed by atoms with Crippen LogP contribution in [-0.4, -0.2) is 49.7 Å². The molecule has 0 radical (unpaired) electrons. The molecule has 0 N–H and O–H groups in total. The Labute approximate surface area is 161 Å². The van der Waals surface area contributed by atoms with Crippen LogP contribution >= 0.6 is 0 Å². The standard InChI is InChI=1S/C21H26N2O3S/c1-17-8-9-20(14-18(17)2)15-21(24)22-10-12-23(13-11-22)27(25,26)16-19-6-4-3-5-7-19/h3-9,14H,10-13,15-16H2,1-2H3. The van der Waals surface area contributed by atoms with Crippen molar-refractivity contribution in [1.82, 2.24) is 9.21 Å². The highest BCUT2D eigenvalue weighted by molar-refractivity contribution is 7.88. The van der Waals surface area contributed by atoms with Gasteiger partial charge in [0.15, 0.2) is 0 Å². The molecule has 0 spiro atoms. The Morgan fingerprint density at radius 2 is 1.56 bits per heavy atom. The van der Waals surface area contributed by atoms with Gasteiger partial charge < -0.3 is 4.90 Å². The maximum Gasteiger partial charge on any atom is 0.227 e. The molecule has 6 heteroatoms. The summed E-state index contributed by atoms with van der Waals surface area (Å²) in [4.78, 5) is 14.3. The van der Waals surface area contributed by atoms with Crippen molar-refractivity contribution in [2.45, 2.75) is 26.0 Å². The molecule has 3 rings (SSSR count). The van der Waals surface area contributed by atoms with Crippen LogP contribution in [0, 0.1) is 13.8 Å². The average molecular weight is 387 g/mol. The summed E-state index contributed by atoms with van der Waals surface area (Å²) < 4.78 is 26.7. The van der Waals surface area contributed by atoms with Crippen molar-refractivity contribution in [3.63, 3.8) is 0 Å². The summed E-state index contributed by atoms with van der Waals surface area (Å²) in [5.41, 5.74) is 4.17. The van der Waals surface area contributed by atoms with Crippen molar-refractivity contribution in [3.05, 3.63) is 70.8 Å². The van der Waals surface area contributed by atoms with Gasteiger partial charge in [0.05, 0.1) is 12.2 Å². The van der Waals surface area contributed by atoms with Gasteiger partial charge in [0.1, 0.15) is 0 Å². The average Bonchev–Trinajstić information content (AvgIpc) is 2.65. The van der Waals surface area contributed by atoms with Crippen molar-refractivity contribution < 1.29 is 13.2 Å². The fourth-order valence-corrected chi connectivity index (χ4v) is 4.81. The Balaban J connectivity index is 1.56. The van der Waals surface area contributed by atoms with Crippen LogP contribution in [0.5, 0.6) is 0 Å². The fraction of sp³-hybridized carbons (Fsp3) is 0.381. The molecule has 0 saturated carbocycles. The van der Waals surface area contributed by atoms with Crippen molar-refractivity contribution in [2.24, 2.45) is 0 Å². The van der Waals surface area contributed by atoms with E-state index in [1.165, 1.54) is 15.4 Å². The largest absolute Gasteiger partial charge is 0.340 e. The highest BCUT2D eigenvalue weighted by Gasteiger charge is 2.28. The zero-order valence-corrected chi connectivity index (χ0v) is 16.7. The summed E-state index contributed by atoms with van der Waals surface area (Å²) in [6, 6.07) is 15.3. The third-order valence-electron chi connectivity index (χ3n) is 5.10. The van der Waals surface area contributed by atoms with E-state index in [2.05, 4.69) is 6.92 Å². The van der Waals surface area contributed by atoms with Gasteiger partial charge in [-0.05, 0) is 36.1 Å². The number of carbonyl (C=O) groups excluding carboxylic acids is 1. The molecular weight excluding hydrogens is 360 g/mol. The molecule has 0 aromatic heterocycles. The number of rotatable bonds is 5. The van der Waals surface area contributed by atoms with Gasteiger partial charge in [-0.15, -0.1) is 0 Å². The topological polar surface area (TPSA) is 57.7 Å². The molecule has 5 nitrogen and oxygen atoms in total. The maximum atomic E-state index is 12.6. The highest BCUT2D eigenvalue weighted by atomic mass is 32.2. The van der Waals surface area contributed by atoms with Gasteiger partial charge in [0.2, 0.25) is 15.9 Å². The van der Waals surface area contributed by atoms with Gasteiger partial charge in [-0.2, -0.15) is 4.31 Å². The molecule has 0 unspecified atom stereocenters. The molecule has 27 heavy (non-hydrogen) atoms. The smallest absolute Gasteiger partial charge is 0.227 e. The molecule has 1 aliphatic rings. The molecule has 0 bridgehead atoms. The summed E-state index contributed by atoms with van der Waals surface area (Å²) in [5, 5.41) is 0. The van der Waals surface area contributed by atoms with Gasteiger partial charge in [0, 0.05) is 26.2 Å². The molecule has 1 aliphatic heterocycles. The number of piperazine rings is 1. The maximum absolute atomic E-state index is 12.6. The third-order valence-corrected chi connectivity index (χ3v) is 6.95. The van der Waals surface area contributed by atoms with E-state index < -0.39 is 10.0 Å². The molecule has 2 aromatic carbocycles. The van der Waals surface area contributed by atoms with Crippen LogP contribution in [0.15, 0.2) is 48.5 Å². The van der Waals surface area contributed by atoms with Crippen LogP contribution in [-0.2, 0) is 27.0 Å². The number of nitrogens with zero attached hydrogens (tertiary/aromatic N) is 2. The van der Waals surface area contributed by atoms with Crippen LogP contribution in [0.2, 0.25) is 0 Å². The number of hydrogen-bond donors (Lipinski definition) is 0. The fourth-order valence-electron chi connectivity index (χ4n) is 3.29. The van der Waals surface area contributed by atoms with E-state index in [9.17, 15) is 13.2 Å². The third kappa shape index (κ3) is 4.96. The van der Waals surface area contributed by atoms with Crippen LogP contribution in [0.25, 0.3) is 0 Å². The lowest BCUT2D eigenvalue weighted by Gasteiger charge is -2.34. The van der Waals surface area contributed by atoms with E-state index in [0.717, 1.165) is 11.1 Å². The lowest BCUT2D eigenvalue weighted by molar-refractivity contribution is -0.131. The Kier molecular flexibility index (Phi) is 5.97. The van der Waals surface area contributed by atoms with E-state index in [4.69, 9.17) is 0 Å². The van der Waals surface area contributed by atoms with Crippen molar-refractivity contribution in [2.75, 3.05) is 26.2 Å². The Morgan fingerprint density at radius 3 is 2.19 bits per heavy atom. The predicted molar refractivity (Wildman–Crippen MR) is 107 cm³/mol. The number of sulfonamides is 1. The van der Waals surface area contributed by atoms with Gasteiger partial charge in [0.25, 0.3) is 0 Å². The summed E-state index contributed by atoms with van der Waals surface area (Å²) in [6.07, 6.45) is 0.359. The molecule has 1 heterocycles. The molecular formula is C21H26N2O3S. The zero-order valence-electron chi connectivity index (χ0n) is 15.9. The monoisotopic (exact) mass is 386 g/mol. The lowest BCUT2D eigenvalue weighted by atomic mass is 10.0. The number of hydrogen-bond acceptors (Lipinski definition) is 3. The van der Waals surface area contributed by atoms with Crippen molar-refractivity contribution >= 4 is 15.9 Å². The van der Waals surface area contributed by atoms with E-state index >= 15 is 0 Å². The van der Waals surface area contributed by atoms with Gasteiger partial charge in [-0.3, -0.25) is 4.79 Å². The quantitative estimate of drug-likeness (QED) is 0.793. The first-order chi connectivity index (χ1) is 12.8. The first-order valence-electron chi connectivity index (χ1n) is 9.21. The Morgan fingerprint density at radius 1 is 0.889 bits per heavy atom. The molecule has 1 saturated heterocycles. The normalized spacial score (nSPS) is 15.7. The predicted octanol–water partition coefficient (Wildman–Crippen LogP) is 2.52. The minimum absolute atomic E-state index is 0.00439. The summed E-state index contributed by atoms with van der Waals surface area (Å²) in [5.74, 6) is 0.0584. The lowest BCUT2D eigenvalue weighted by Crippen LogP contribution is -2.51. The minimum Gasteiger partial charge on any atom is -0.340 e. The van der Waals surface area contributed by atoms with Crippen molar-refractivity contribution in [1.29, 1.82) is 0 Å². The van der Waals surface area contributed by atoms with Crippen LogP contribution in [0.1, 0.15) is 22.3 Å². The van der Waals surface area contributed by atoms with E-state index in [1.807, 2.05) is 55.5 Å². The zero-order chi connectivity index (χ0) is 19.4. The second-order valence-corrected chi connectivity index (χ2v) is 9.09. The molecule has 1 amide bonds. The van der Waals surface area contributed by atoms with Gasteiger partial charge in [-0.25, -0.2) is 8.42 Å². The van der Waals surface area contributed by atoms with Crippen molar-refractivity contribution in [3.8, 4) is 0 Å². The molecule has 144 valence electrons. The number of benzene rings is 2. The van der Waals surface area contributed by atoms with E-state index in [-0.39, 0.29) is 11.7 Å². The first kappa shape index (κ1) is 19.6.